The highest BCUT2D eigenvalue weighted by molar-refractivity contribution is 6.03. The van der Waals surface area contributed by atoms with E-state index in [-0.39, 0.29) is 23.4 Å². The highest BCUT2D eigenvalue weighted by Gasteiger charge is 2.23. The van der Waals surface area contributed by atoms with Gasteiger partial charge in [0.15, 0.2) is 11.6 Å². The molecule has 0 spiro atoms. The smallest absolute Gasteiger partial charge is 0.277 e. The van der Waals surface area contributed by atoms with Crippen LogP contribution in [0.15, 0.2) is 28.9 Å². The van der Waals surface area contributed by atoms with Gasteiger partial charge >= 0.3 is 0 Å². The zero-order chi connectivity index (χ0) is 17.9. The highest BCUT2D eigenvalue weighted by Crippen LogP contribution is 2.27. The predicted molar refractivity (Wildman–Crippen MR) is 95.3 cm³/mol. The summed E-state index contributed by atoms with van der Waals surface area (Å²) in [4.78, 5) is 28.4. The second-order valence-electron chi connectivity index (χ2n) is 6.69. The summed E-state index contributed by atoms with van der Waals surface area (Å²) >= 11 is 0. The van der Waals surface area contributed by atoms with Gasteiger partial charge in [-0.2, -0.15) is 0 Å². The number of rotatable bonds is 3. The number of anilines is 2. The first-order valence-electron chi connectivity index (χ1n) is 8.96. The number of hydrogen-bond donors (Lipinski definition) is 2. The summed E-state index contributed by atoms with van der Waals surface area (Å²) in [5, 5.41) is 5.74. The van der Waals surface area contributed by atoms with Crippen molar-refractivity contribution in [3.63, 3.8) is 0 Å². The molecule has 2 aromatic rings. The first-order chi connectivity index (χ1) is 12.7. The van der Waals surface area contributed by atoms with Crippen LogP contribution in [-0.2, 0) is 16.0 Å². The number of aryl methyl sites for hydroxylation is 1. The van der Waals surface area contributed by atoms with Crippen molar-refractivity contribution in [3.05, 3.63) is 41.6 Å². The first kappa shape index (κ1) is 16.8. The second-order valence-corrected chi connectivity index (χ2v) is 6.69. The lowest BCUT2D eigenvalue weighted by atomic mass is 10.0. The summed E-state index contributed by atoms with van der Waals surface area (Å²) in [6.45, 7) is 1.39. The van der Waals surface area contributed by atoms with E-state index in [0.29, 0.717) is 31.2 Å². The molecule has 2 aliphatic heterocycles. The largest absolute Gasteiger partial charge is 0.448 e. The van der Waals surface area contributed by atoms with Crippen molar-refractivity contribution in [1.29, 1.82) is 0 Å². The lowest BCUT2D eigenvalue weighted by Crippen LogP contribution is -2.16. The van der Waals surface area contributed by atoms with E-state index in [1.165, 1.54) is 6.26 Å². The Bertz CT molecular complexity index is 824. The molecular weight excluding hydrogens is 334 g/mol. The number of nitrogens with one attached hydrogen (secondary N) is 2. The fourth-order valence-corrected chi connectivity index (χ4v) is 3.37. The van der Waals surface area contributed by atoms with Crippen LogP contribution in [0.2, 0.25) is 0 Å². The Morgan fingerprint density at radius 1 is 1.23 bits per heavy atom. The third kappa shape index (κ3) is 3.62. The van der Waals surface area contributed by atoms with Crippen molar-refractivity contribution in [2.24, 2.45) is 0 Å². The maximum atomic E-state index is 12.5. The van der Waals surface area contributed by atoms with Crippen LogP contribution in [0.3, 0.4) is 0 Å². The van der Waals surface area contributed by atoms with E-state index in [1.807, 2.05) is 12.1 Å². The second kappa shape index (κ2) is 7.29. The Labute approximate surface area is 151 Å². The van der Waals surface area contributed by atoms with E-state index >= 15 is 0 Å². The molecule has 0 aliphatic carbocycles. The minimum absolute atomic E-state index is 0.0313. The number of fused-ring (bicyclic) bond motifs is 1. The summed E-state index contributed by atoms with van der Waals surface area (Å²) in [5.41, 5.74) is 2.79. The molecule has 1 aromatic heterocycles. The summed E-state index contributed by atoms with van der Waals surface area (Å²) in [5.74, 6) is 0.540. The van der Waals surface area contributed by atoms with Gasteiger partial charge in [-0.15, -0.1) is 0 Å². The number of aromatic nitrogens is 1. The van der Waals surface area contributed by atoms with Gasteiger partial charge in [-0.3, -0.25) is 9.59 Å². The molecule has 1 saturated heterocycles. The van der Waals surface area contributed by atoms with Gasteiger partial charge in [0.1, 0.15) is 6.26 Å². The monoisotopic (exact) mass is 355 g/mol. The van der Waals surface area contributed by atoms with Gasteiger partial charge < -0.3 is 19.8 Å². The molecule has 0 bridgehead atoms. The SMILES string of the molecule is O=C1CCCc2cc(NC(=O)c3coc(C4CCOCC4)n3)ccc2N1. The van der Waals surface area contributed by atoms with Gasteiger partial charge in [-0.25, -0.2) is 4.98 Å². The van der Waals surface area contributed by atoms with Gasteiger partial charge in [0.2, 0.25) is 5.91 Å². The first-order valence-corrected chi connectivity index (χ1v) is 8.96. The number of ether oxygens (including phenoxy) is 1. The molecule has 1 fully saturated rings. The minimum Gasteiger partial charge on any atom is -0.448 e. The van der Waals surface area contributed by atoms with Crippen LogP contribution in [0.25, 0.3) is 0 Å². The number of carbonyl (C=O) groups excluding carboxylic acids is 2. The Balaban J connectivity index is 1.46. The summed E-state index contributed by atoms with van der Waals surface area (Å²) in [6.07, 6.45) is 5.24. The van der Waals surface area contributed by atoms with Crippen LogP contribution in [0.4, 0.5) is 11.4 Å². The van der Waals surface area contributed by atoms with Crippen LogP contribution in [0, 0.1) is 0 Å². The Hall–Kier alpha value is -2.67. The van der Waals surface area contributed by atoms with E-state index in [9.17, 15) is 9.59 Å². The van der Waals surface area contributed by atoms with Gasteiger partial charge in [0, 0.05) is 36.9 Å². The number of nitrogens with zero attached hydrogens (tertiary/aromatic N) is 1. The number of oxazole rings is 1. The minimum atomic E-state index is -0.301. The Morgan fingerprint density at radius 2 is 2.08 bits per heavy atom. The molecule has 7 heteroatoms. The van der Waals surface area contributed by atoms with E-state index in [0.717, 1.165) is 36.9 Å². The lowest BCUT2D eigenvalue weighted by Gasteiger charge is -2.18. The number of hydrogen-bond acceptors (Lipinski definition) is 5. The molecule has 0 atom stereocenters. The fourth-order valence-electron chi connectivity index (χ4n) is 3.37. The lowest BCUT2D eigenvalue weighted by molar-refractivity contribution is -0.116. The molecule has 1 aromatic carbocycles. The van der Waals surface area contributed by atoms with Crippen LogP contribution < -0.4 is 10.6 Å². The maximum Gasteiger partial charge on any atom is 0.277 e. The molecule has 136 valence electrons. The van der Waals surface area contributed by atoms with Gasteiger partial charge in [-0.05, 0) is 49.4 Å². The molecule has 3 heterocycles. The maximum absolute atomic E-state index is 12.5. The molecule has 0 radical (unpaired) electrons. The van der Waals surface area contributed by atoms with E-state index in [1.54, 1.807) is 6.07 Å². The molecule has 7 nitrogen and oxygen atoms in total. The molecule has 2 aliphatic rings. The zero-order valence-corrected chi connectivity index (χ0v) is 14.4. The van der Waals surface area contributed by atoms with E-state index < -0.39 is 0 Å². The average Bonchev–Trinajstić information content (AvgIpc) is 3.07. The fraction of sp³-hybridized carbons (Fsp3) is 0.421. The standard InChI is InChI=1S/C19H21N3O4/c23-17-3-1-2-13-10-14(4-5-15(13)21-17)20-18(24)16-11-26-19(22-16)12-6-8-25-9-7-12/h4-5,10-12H,1-3,6-9H2,(H,20,24)(H,21,23). The van der Waals surface area contributed by atoms with Crippen LogP contribution in [0.1, 0.15) is 53.5 Å². The van der Waals surface area contributed by atoms with Crippen molar-refractivity contribution in [1.82, 2.24) is 4.98 Å². The predicted octanol–water partition coefficient (Wildman–Crippen LogP) is 3.10. The Kier molecular flexibility index (Phi) is 4.71. The van der Waals surface area contributed by atoms with Crippen LogP contribution in [0.5, 0.6) is 0 Å². The summed E-state index contributed by atoms with van der Waals surface area (Å²) in [6, 6.07) is 5.50. The molecule has 2 amide bonds. The van der Waals surface area contributed by atoms with Crippen LogP contribution in [-0.4, -0.2) is 30.0 Å². The molecule has 0 unspecified atom stereocenters. The van der Waals surface area contributed by atoms with Crippen molar-refractivity contribution < 1.29 is 18.7 Å². The highest BCUT2D eigenvalue weighted by atomic mass is 16.5. The zero-order valence-electron chi connectivity index (χ0n) is 14.4. The average molecular weight is 355 g/mol. The molecular formula is C19H21N3O4. The topological polar surface area (TPSA) is 93.5 Å². The third-order valence-electron chi connectivity index (χ3n) is 4.81. The molecule has 0 saturated carbocycles. The summed E-state index contributed by atoms with van der Waals surface area (Å²) in [7, 11) is 0. The number of amides is 2. The van der Waals surface area contributed by atoms with Gasteiger partial charge in [0.25, 0.3) is 5.91 Å². The van der Waals surface area contributed by atoms with Gasteiger partial charge in [-0.1, -0.05) is 0 Å². The van der Waals surface area contributed by atoms with Crippen molar-refractivity contribution in [3.8, 4) is 0 Å². The quantitative estimate of drug-likeness (QED) is 0.882. The molecule has 26 heavy (non-hydrogen) atoms. The van der Waals surface area contributed by atoms with Crippen molar-refractivity contribution in [2.45, 2.75) is 38.0 Å². The van der Waals surface area contributed by atoms with Crippen molar-refractivity contribution >= 4 is 23.2 Å². The number of carbonyl (C=O) groups is 2. The number of benzene rings is 1. The van der Waals surface area contributed by atoms with Crippen molar-refractivity contribution in [2.75, 3.05) is 23.8 Å². The van der Waals surface area contributed by atoms with E-state index in [2.05, 4.69) is 15.6 Å². The van der Waals surface area contributed by atoms with Crippen LogP contribution >= 0.6 is 0 Å². The molecule has 4 rings (SSSR count). The molecule has 2 N–H and O–H groups in total. The van der Waals surface area contributed by atoms with Gasteiger partial charge in [0.05, 0.1) is 0 Å². The normalized spacial score (nSPS) is 17.9. The summed E-state index contributed by atoms with van der Waals surface area (Å²) < 4.78 is 10.8. The van der Waals surface area contributed by atoms with E-state index in [4.69, 9.17) is 9.15 Å². The Morgan fingerprint density at radius 3 is 2.92 bits per heavy atom. The third-order valence-corrected chi connectivity index (χ3v) is 4.81.